The van der Waals surface area contributed by atoms with Crippen LogP contribution in [0.5, 0.6) is 0 Å². The van der Waals surface area contributed by atoms with Gasteiger partial charge in [0.2, 0.25) is 10.0 Å². The second kappa shape index (κ2) is 10.4. The van der Waals surface area contributed by atoms with Crippen LogP contribution >= 0.6 is 0 Å². The summed E-state index contributed by atoms with van der Waals surface area (Å²) in [7, 11) is -7.66. The predicted octanol–water partition coefficient (Wildman–Crippen LogP) is 2.13. The third-order valence-corrected chi connectivity index (χ3v) is 18.5. The van der Waals surface area contributed by atoms with Crippen molar-refractivity contribution in [3.63, 3.8) is 0 Å². The molecule has 1 saturated heterocycles. The van der Waals surface area contributed by atoms with Crippen molar-refractivity contribution in [3.05, 3.63) is 33.1 Å². The lowest BCUT2D eigenvalue weighted by molar-refractivity contribution is -0.0750. The van der Waals surface area contributed by atoms with Gasteiger partial charge in [-0.15, -0.1) is 0 Å². The number of rotatable bonds is 9. The first-order chi connectivity index (χ1) is 16.5. The van der Waals surface area contributed by atoms with Crippen LogP contribution in [0, 0.1) is 0 Å². The van der Waals surface area contributed by atoms with Crippen LogP contribution in [0.25, 0.3) is 0 Å². The van der Waals surface area contributed by atoms with Crippen molar-refractivity contribution >= 4 is 26.7 Å². The maximum Gasteiger partial charge on any atom is 0.330 e. The number of hydrogen-bond donors (Lipinski definition) is 3. The van der Waals surface area contributed by atoms with Gasteiger partial charge in [-0.25, -0.2) is 17.9 Å². The average molecular weight is 580 g/mol. The molecule has 0 aromatic carbocycles. The third kappa shape index (κ3) is 6.90. The van der Waals surface area contributed by atoms with Gasteiger partial charge in [0.15, 0.2) is 22.9 Å². The number of ether oxygens (including phenoxy) is 1. The molecule has 0 unspecified atom stereocenters. The van der Waals surface area contributed by atoms with Crippen molar-refractivity contribution in [1.82, 2.24) is 14.3 Å². The predicted molar refractivity (Wildman–Crippen MR) is 148 cm³/mol. The highest BCUT2D eigenvalue weighted by molar-refractivity contribution is 7.89. The molecule has 14 heteroatoms. The normalized spacial score (nSPS) is 26.0. The van der Waals surface area contributed by atoms with Crippen LogP contribution in [0.3, 0.4) is 0 Å². The molecule has 1 aliphatic heterocycles. The van der Waals surface area contributed by atoms with E-state index in [1.807, 2.05) is 47.0 Å². The van der Waals surface area contributed by atoms with Gasteiger partial charge in [0.1, 0.15) is 17.8 Å². The maximum absolute atomic E-state index is 12.8. The van der Waals surface area contributed by atoms with Crippen LogP contribution < -0.4 is 16.0 Å². The molecule has 3 N–H and O–H groups in total. The van der Waals surface area contributed by atoms with E-state index in [4.69, 9.17) is 13.6 Å². The van der Waals surface area contributed by atoms with Crippen LogP contribution in [0.1, 0.15) is 47.8 Å². The van der Waals surface area contributed by atoms with E-state index in [9.17, 15) is 23.1 Å². The quantitative estimate of drug-likeness (QED) is 0.377. The van der Waals surface area contributed by atoms with Crippen molar-refractivity contribution in [2.24, 2.45) is 0 Å². The number of aliphatic hydroxyl groups is 1. The Bertz CT molecular complexity index is 1180. The van der Waals surface area contributed by atoms with Crippen LogP contribution in [0.15, 0.2) is 21.9 Å². The van der Waals surface area contributed by atoms with E-state index in [-0.39, 0.29) is 16.7 Å². The molecular weight excluding hydrogens is 535 g/mol. The average Bonchev–Trinajstić information content (AvgIpc) is 2.95. The number of aromatic nitrogens is 2. The van der Waals surface area contributed by atoms with Gasteiger partial charge in [-0.2, -0.15) is 0 Å². The minimum absolute atomic E-state index is 0.0990. The molecule has 4 atom stereocenters. The van der Waals surface area contributed by atoms with Crippen molar-refractivity contribution in [3.8, 4) is 0 Å². The molecule has 214 valence electrons. The first kappa shape index (κ1) is 32.1. The number of H-pyrrole nitrogens is 1. The fourth-order valence-electron chi connectivity index (χ4n) is 3.52. The van der Waals surface area contributed by atoms with Gasteiger partial charge in [0.05, 0.1) is 12.4 Å². The zero-order valence-corrected chi connectivity index (χ0v) is 26.8. The topological polar surface area (TPSA) is 149 Å². The molecule has 0 amide bonds. The molecule has 2 rings (SSSR count). The fraction of sp³-hybridized carbons (Fsp3) is 0.826. The number of sulfonamides is 1. The second-order valence-corrected chi connectivity index (χ2v) is 24.3. The summed E-state index contributed by atoms with van der Waals surface area (Å²) in [5.41, 5.74) is -3.42. The summed E-state index contributed by atoms with van der Waals surface area (Å²) in [4.78, 5) is 26.7. The largest absolute Gasteiger partial charge is 0.414 e. The first-order valence-electron chi connectivity index (χ1n) is 12.4. The smallest absolute Gasteiger partial charge is 0.330 e. The molecule has 1 fully saturated rings. The summed E-state index contributed by atoms with van der Waals surface area (Å²) < 4.78 is 48.2. The van der Waals surface area contributed by atoms with Crippen molar-refractivity contribution < 1.29 is 27.1 Å². The number of aromatic amines is 1. The Hall–Kier alpha value is -1.14. The van der Waals surface area contributed by atoms with E-state index in [0.717, 1.165) is 10.6 Å². The van der Waals surface area contributed by atoms with Gasteiger partial charge in [-0.05, 0) is 43.3 Å². The van der Waals surface area contributed by atoms with E-state index in [1.165, 1.54) is 13.2 Å². The molecule has 0 radical (unpaired) electrons. The van der Waals surface area contributed by atoms with Gasteiger partial charge in [-0.1, -0.05) is 41.5 Å². The maximum atomic E-state index is 12.8. The zero-order valence-electron chi connectivity index (χ0n) is 24.0. The lowest BCUT2D eigenvalue weighted by atomic mass is 9.94. The minimum Gasteiger partial charge on any atom is -0.414 e. The van der Waals surface area contributed by atoms with E-state index in [2.05, 4.69) is 30.5 Å². The number of nitrogens with zero attached hydrogens (tertiary/aromatic N) is 1. The molecule has 1 aromatic heterocycles. The molecular formula is C23H45N3O8SSi2. The molecule has 0 spiro atoms. The van der Waals surface area contributed by atoms with Gasteiger partial charge in [-0.3, -0.25) is 14.3 Å². The van der Waals surface area contributed by atoms with E-state index in [0.29, 0.717) is 0 Å². The SMILES string of the molecule is CNS(=O)(=O)C[C@]1(O)[C@@H](CO[Si](C)(C)C(C)(C)C)O[C@@H](n2ccc(=O)[nH]c2=O)[C@@H]1O[Si](C)(C)C(C)(C)C. The summed E-state index contributed by atoms with van der Waals surface area (Å²) in [6.07, 6.45) is -2.32. The third-order valence-electron chi connectivity index (χ3n) is 8.10. The number of hydrogen-bond acceptors (Lipinski definition) is 8. The van der Waals surface area contributed by atoms with Crippen LogP contribution in [-0.2, 0) is 23.6 Å². The summed E-state index contributed by atoms with van der Waals surface area (Å²) in [6, 6.07) is 1.16. The van der Waals surface area contributed by atoms with Crippen molar-refractivity contribution in [1.29, 1.82) is 0 Å². The lowest BCUT2D eigenvalue weighted by Crippen LogP contribution is -2.60. The van der Waals surface area contributed by atoms with Gasteiger partial charge >= 0.3 is 5.69 Å². The molecule has 11 nitrogen and oxygen atoms in total. The van der Waals surface area contributed by atoms with Gasteiger partial charge in [0.25, 0.3) is 5.56 Å². The first-order valence-corrected chi connectivity index (χ1v) is 19.9. The lowest BCUT2D eigenvalue weighted by Gasteiger charge is -2.43. The molecule has 37 heavy (non-hydrogen) atoms. The fourth-order valence-corrected chi connectivity index (χ4v) is 6.93. The van der Waals surface area contributed by atoms with Gasteiger partial charge in [0, 0.05) is 12.3 Å². The highest BCUT2D eigenvalue weighted by Gasteiger charge is 2.61. The second-order valence-electron chi connectivity index (χ2n) is 12.9. The standard InChI is InChI=1S/C23H45N3O8SSi2/c1-21(2,3)36(8,9)32-14-16-23(29,15-35(30,31)24-7)18(34-37(10,11)22(4,5)6)19(33-16)26-13-12-17(27)25-20(26)28/h12-13,16,18-19,24,29H,14-15H2,1-11H3,(H,25,27,28)/t16-,18+,19-,23+/m1/s1. The van der Waals surface area contributed by atoms with Crippen molar-refractivity contribution in [2.75, 3.05) is 19.4 Å². The van der Waals surface area contributed by atoms with Crippen LogP contribution in [-0.4, -0.2) is 76.9 Å². The Morgan fingerprint density at radius 2 is 1.65 bits per heavy atom. The van der Waals surface area contributed by atoms with E-state index in [1.54, 1.807) is 0 Å². The molecule has 0 saturated carbocycles. The Balaban J connectivity index is 2.70. The summed E-state index contributed by atoms with van der Waals surface area (Å²) >= 11 is 0. The number of nitrogens with one attached hydrogen (secondary N) is 2. The Kier molecular flexibility index (Phi) is 9.06. The zero-order chi connectivity index (χ0) is 28.8. The van der Waals surface area contributed by atoms with Crippen molar-refractivity contribution in [2.45, 2.75) is 102 Å². The highest BCUT2D eigenvalue weighted by atomic mass is 32.2. The van der Waals surface area contributed by atoms with Gasteiger partial charge < -0.3 is 18.7 Å². The molecule has 2 heterocycles. The highest BCUT2D eigenvalue weighted by Crippen LogP contribution is 2.46. The summed E-state index contributed by atoms with van der Waals surface area (Å²) in [5, 5.41) is 11.7. The summed E-state index contributed by atoms with van der Waals surface area (Å²) in [6.45, 7) is 20.1. The summed E-state index contributed by atoms with van der Waals surface area (Å²) in [5.74, 6) is -0.726. The van der Waals surface area contributed by atoms with E-state index < -0.39 is 67.7 Å². The molecule has 0 bridgehead atoms. The Morgan fingerprint density at radius 3 is 2.11 bits per heavy atom. The monoisotopic (exact) mass is 579 g/mol. The van der Waals surface area contributed by atoms with E-state index >= 15 is 0 Å². The Morgan fingerprint density at radius 1 is 1.11 bits per heavy atom. The Labute approximate surface area is 222 Å². The van der Waals surface area contributed by atoms with Crippen LogP contribution in [0.2, 0.25) is 36.3 Å². The molecule has 1 aliphatic rings. The molecule has 0 aliphatic carbocycles. The minimum atomic E-state index is -3.96. The molecule has 1 aromatic rings. The van der Waals surface area contributed by atoms with Crippen LogP contribution in [0.4, 0.5) is 0 Å².